The Morgan fingerprint density at radius 1 is 1.17 bits per heavy atom. The molecule has 1 aliphatic rings. The molecule has 0 bridgehead atoms. The van der Waals surface area contributed by atoms with Gasteiger partial charge in [-0.15, -0.1) is 0 Å². The standard InChI is InChI=1S/C19H19I2NO7S/c1-4-27-16(24)9-28-17-12(20)5-11(6-13(17)21)7-14-18(25)22(19(26)30-14)8-15(23)29-10(2)3/h5-7,10H,4,8-9H2,1-3H3/b14-7+. The normalized spacial score (nSPS) is 15.1. The van der Waals surface area contributed by atoms with Crippen LogP contribution in [-0.4, -0.2) is 53.8 Å². The first-order valence-electron chi connectivity index (χ1n) is 8.84. The molecule has 0 radical (unpaired) electrons. The first kappa shape index (κ1) is 24.9. The molecule has 1 heterocycles. The number of rotatable bonds is 8. The summed E-state index contributed by atoms with van der Waals surface area (Å²) in [5, 5.41) is -0.522. The maximum Gasteiger partial charge on any atom is 0.344 e. The Morgan fingerprint density at radius 3 is 2.37 bits per heavy atom. The molecule has 1 saturated heterocycles. The van der Waals surface area contributed by atoms with Gasteiger partial charge in [0.1, 0.15) is 12.3 Å². The van der Waals surface area contributed by atoms with Gasteiger partial charge in [-0.1, -0.05) is 0 Å². The predicted molar refractivity (Wildman–Crippen MR) is 128 cm³/mol. The Hall–Kier alpha value is -1.35. The van der Waals surface area contributed by atoms with Gasteiger partial charge < -0.3 is 14.2 Å². The third-order valence-corrected chi connectivity index (χ3v) is 6.00. The summed E-state index contributed by atoms with van der Waals surface area (Å²) in [6.45, 7) is 4.75. The third kappa shape index (κ3) is 6.83. The van der Waals surface area contributed by atoms with Crippen LogP contribution in [-0.2, 0) is 23.9 Å². The Labute approximate surface area is 205 Å². The van der Waals surface area contributed by atoms with Gasteiger partial charge in [0, 0.05) is 0 Å². The minimum absolute atomic E-state index is 0.204. The Balaban J connectivity index is 2.14. The maximum atomic E-state index is 12.5. The van der Waals surface area contributed by atoms with Gasteiger partial charge in [-0.3, -0.25) is 19.3 Å². The van der Waals surface area contributed by atoms with E-state index in [2.05, 4.69) is 45.2 Å². The number of amides is 2. The summed E-state index contributed by atoms with van der Waals surface area (Å²) in [6, 6.07) is 3.54. The molecule has 0 unspecified atom stereocenters. The van der Waals surface area contributed by atoms with Crippen molar-refractivity contribution in [2.75, 3.05) is 19.8 Å². The SMILES string of the molecule is CCOC(=O)COc1c(I)cc(/C=C2/SC(=O)N(CC(=O)OC(C)C)C2=O)cc1I. The minimum Gasteiger partial charge on any atom is -0.480 e. The van der Waals surface area contributed by atoms with Crippen molar-refractivity contribution in [3.63, 3.8) is 0 Å². The lowest BCUT2D eigenvalue weighted by Crippen LogP contribution is -2.35. The number of hydrogen-bond acceptors (Lipinski definition) is 8. The Morgan fingerprint density at radius 2 is 1.80 bits per heavy atom. The van der Waals surface area contributed by atoms with E-state index in [0.29, 0.717) is 11.3 Å². The Kier molecular flexibility index (Phi) is 9.40. The van der Waals surface area contributed by atoms with Crippen LogP contribution in [0.25, 0.3) is 6.08 Å². The molecule has 0 aromatic heterocycles. The van der Waals surface area contributed by atoms with Crippen LogP contribution in [0.15, 0.2) is 17.0 Å². The molecule has 1 aromatic rings. The molecule has 0 saturated carbocycles. The van der Waals surface area contributed by atoms with Crippen LogP contribution in [0.2, 0.25) is 0 Å². The van der Waals surface area contributed by atoms with Gasteiger partial charge in [0.15, 0.2) is 6.61 Å². The number of thioether (sulfide) groups is 1. The molecule has 1 aromatic carbocycles. The van der Waals surface area contributed by atoms with Gasteiger partial charge in [-0.05, 0) is 101 Å². The third-order valence-electron chi connectivity index (χ3n) is 3.49. The molecule has 0 atom stereocenters. The number of benzene rings is 1. The summed E-state index contributed by atoms with van der Waals surface area (Å²) < 4.78 is 16.9. The zero-order valence-electron chi connectivity index (χ0n) is 16.4. The molecule has 2 amide bonds. The van der Waals surface area contributed by atoms with Crippen LogP contribution >= 0.6 is 56.9 Å². The highest BCUT2D eigenvalue weighted by atomic mass is 127. The number of imide groups is 1. The zero-order valence-corrected chi connectivity index (χ0v) is 21.5. The molecule has 0 aliphatic carbocycles. The molecule has 11 heteroatoms. The van der Waals surface area contributed by atoms with Crippen molar-refractivity contribution in [1.82, 2.24) is 4.90 Å². The number of hydrogen-bond donors (Lipinski definition) is 0. The molecule has 162 valence electrons. The average molecular weight is 659 g/mol. The van der Waals surface area contributed by atoms with E-state index < -0.39 is 29.6 Å². The molecule has 1 fully saturated rings. The fourth-order valence-corrected chi connectivity index (χ4v) is 5.32. The molecular formula is C19H19I2NO7S. The van der Waals surface area contributed by atoms with E-state index in [4.69, 9.17) is 14.2 Å². The van der Waals surface area contributed by atoms with E-state index in [1.807, 2.05) is 0 Å². The number of carbonyl (C=O) groups is 4. The quantitative estimate of drug-likeness (QED) is 0.236. The van der Waals surface area contributed by atoms with Crippen molar-refractivity contribution >= 4 is 86.1 Å². The molecule has 1 aliphatic heterocycles. The lowest BCUT2D eigenvalue weighted by atomic mass is 10.2. The highest BCUT2D eigenvalue weighted by molar-refractivity contribution is 14.1. The van der Waals surface area contributed by atoms with E-state index >= 15 is 0 Å². The van der Waals surface area contributed by atoms with Gasteiger partial charge >= 0.3 is 11.9 Å². The molecule has 0 N–H and O–H groups in total. The fraction of sp³-hybridized carbons (Fsp3) is 0.368. The lowest BCUT2D eigenvalue weighted by molar-refractivity contribution is -0.149. The maximum absolute atomic E-state index is 12.5. The number of nitrogens with zero attached hydrogens (tertiary/aromatic N) is 1. The first-order valence-corrected chi connectivity index (χ1v) is 11.8. The van der Waals surface area contributed by atoms with Crippen LogP contribution in [0, 0.1) is 7.14 Å². The minimum atomic E-state index is -0.638. The Bertz CT molecular complexity index is 878. The van der Waals surface area contributed by atoms with E-state index in [0.717, 1.165) is 23.8 Å². The van der Waals surface area contributed by atoms with E-state index in [-0.39, 0.29) is 24.2 Å². The highest BCUT2D eigenvalue weighted by Crippen LogP contribution is 2.34. The predicted octanol–water partition coefficient (Wildman–Crippen LogP) is 3.83. The molecule has 2 rings (SSSR count). The van der Waals surface area contributed by atoms with Crippen LogP contribution in [0.4, 0.5) is 4.79 Å². The van der Waals surface area contributed by atoms with Gasteiger partial charge in [-0.2, -0.15) is 0 Å². The number of esters is 2. The summed E-state index contributed by atoms with van der Waals surface area (Å²) in [5.74, 6) is -1.11. The van der Waals surface area contributed by atoms with Crippen molar-refractivity contribution < 1.29 is 33.4 Å². The lowest BCUT2D eigenvalue weighted by Gasteiger charge is -2.13. The average Bonchev–Trinajstić information content (AvgIpc) is 2.88. The number of halogens is 2. The van der Waals surface area contributed by atoms with Gasteiger partial charge in [0.05, 0.1) is 24.8 Å². The van der Waals surface area contributed by atoms with E-state index in [1.165, 1.54) is 0 Å². The summed E-state index contributed by atoms with van der Waals surface area (Å²) in [6.07, 6.45) is 1.25. The van der Waals surface area contributed by atoms with E-state index in [9.17, 15) is 19.2 Å². The van der Waals surface area contributed by atoms with Crippen molar-refractivity contribution in [1.29, 1.82) is 0 Å². The number of carbonyl (C=O) groups excluding carboxylic acids is 4. The van der Waals surface area contributed by atoms with Crippen LogP contribution in [0.1, 0.15) is 26.3 Å². The van der Waals surface area contributed by atoms with Crippen LogP contribution in [0.3, 0.4) is 0 Å². The smallest absolute Gasteiger partial charge is 0.344 e. The second kappa shape index (κ2) is 11.3. The molecule has 0 spiro atoms. The second-order valence-electron chi connectivity index (χ2n) is 6.21. The number of ether oxygens (including phenoxy) is 3. The van der Waals surface area contributed by atoms with E-state index in [1.54, 1.807) is 39.0 Å². The van der Waals surface area contributed by atoms with Crippen LogP contribution in [0.5, 0.6) is 5.75 Å². The monoisotopic (exact) mass is 659 g/mol. The van der Waals surface area contributed by atoms with Crippen molar-refractivity contribution in [2.24, 2.45) is 0 Å². The van der Waals surface area contributed by atoms with Crippen molar-refractivity contribution in [3.8, 4) is 5.75 Å². The second-order valence-corrected chi connectivity index (χ2v) is 9.53. The van der Waals surface area contributed by atoms with Gasteiger partial charge in [0.2, 0.25) is 0 Å². The summed E-state index contributed by atoms with van der Waals surface area (Å²) in [4.78, 5) is 49.1. The highest BCUT2D eigenvalue weighted by Gasteiger charge is 2.36. The van der Waals surface area contributed by atoms with Gasteiger partial charge in [-0.25, -0.2) is 4.79 Å². The van der Waals surface area contributed by atoms with Crippen molar-refractivity contribution in [3.05, 3.63) is 29.7 Å². The summed E-state index contributed by atoms with van der Waals surface area (Å²) in [5.41, 5.74) is 0.683. The molecule has 30 heavy (non-hydrogen) atoms. The topological polar surface area (TPSA) is 99.2 Å². The summed E-state index contributed by atoms with van der Waals surface area (Å²) in [7, 11) is 0. The first-order chi connectivity index (χ1) is 14.1. The van der Waals surface area contributed by atoms with Gasteiger partial charge in [0.25, 0.3) is 11.1 Å². The fourth-order valence-electron chi connectivity index (χ4n) is 2.35. The van der Waals surface area contributed by atoms with Crippen LogP contribution < -0.4 is 4.74 Å². The largest absolute Gasteiger partial charge is 0.480 e. The summed E-state index contributed by atoms with van der Waals surface area (Å²) >= 11 is 4.90. The molecule has 8 nitrogen and oxygen atoms in total. The zero-order chi connectivity index (χ0) is 22.4. The molecular weight excluding hydrogens is 640 g/mol. The van der Waals surface area contributed by atoms with Crippen molar-refractivity contribution in [2.45, 2.75) is 26.9 Å².